The minimum atomic E-state index is -3.84. The summed E-state index contributed by atoms with van der Waals surface area (Å²) in [6.45, 7) is 5.32. The number of aromatic nitrogens is 1. The molecule has 2 aromatic rings. The molecule has 0 atom stereocenters. The molecule has 162 valence electrons. The van der Waals surface area contributed by atoms with Crippen molar-refractivity contribution in [3.63, 3.8) is 0 Å². The standard InChI is InChI=1S/C18H23N5O6S/c1-5-22(6-2)30(27,28)13-10-8-7-9-12(13)20-21-15-11(3)14(18(26)29-4)16(24)23(19)17(15)25/h7-10,24H,5-6,19H2,1-4H3. The van der Waals surface area contributed by atoms with Crippen LogP contribution in [0.25, 0.3) is 0 Å². The molecule has 0 saturated carbocycles. The molecule has 0 radical (unpaired) electrons. The summed E-state index contributed by atoms with van der Waals surface area (Å²) in [5, 5.41) is 17.8. The van der Waals surface area contributed by atoms with Crippen molar-refractivity contribution >= 4 is 27.4 Å². The van der Waals surface area contributed by atoms with Gasteiger partial charge in [0.25, 0.3) is 5.56 Å². The summed E-state index contributed by atoms with van der Waals surface area (Å²) in [7, 11) is -2.74. The molecule has 1 aromatic heterocycles. The van der Waals surface area contributed by atoms with E-state index in [9.17, 15) is 23.1 Å². The molecule has 0 aliphatic rings. The topological polar surface area (TPSA) is 157 Å². The van der Waals surface area contributed by atoms with E-state index in [-0.39, 0.29) is 40.5 Å². The highest BCUT2D eigenvalue weighted by Crippen LogP contribution is 2.30. The Morgan fingerprint density at radius 3 is 2.40 bits per heavy atom. The van der Waals surface area contributed by atoms with Crippen LogP contribution in [0.15, 0.2) is 44.2 Å². The van der Waals surface area contributed by atoms with Gasteiger partial charge >= 0.3 is 5.97 Å². The predicted molar refractivity (Wildman–Crippen MR) is 109 cm³/mol. The van der Waals surface area contributed by atoms with Gasteiger partial charge in [-0.05, 0) is 19.1 Å². The number of methoxy groups -OCH3 is 1. The summed E-state index contributed by atoms with van der Waals surface area (Å²) < 4.78 is 32.0. The summed E-state index contributed by atoms with van der Waals surface area (Å²) in [6, 6.07) is 5.93. The average molecular weight is 437 g/mol. The maximum absolute atomic E-state index is 12.9. The van der Waals surface area contributed by atoms with Crippen LogP contribution in [0.4, 0.5) is 11.4 Å². The molecule has 3 N–H and O–H groups in total. The summed E-state index contributed by atoms with van der Waals surface area (Å²) in [6.07, 6.45) is 0. The van der Waals surface area contributed by atoms with Gasteiger partial charge in [0, 0.05) is 18.7 Å². The fourth-order valence-corrected chi connectivity index (χ4v) is 4.39. The molecule has 2 rings (SSSR count). The highest BCUT2D eigenvalue weighted by atomic mass is 32.2. The van der Waals surface area contributed by atoms with Gasteiger partial charge < -0.3 is 15.7 Å². The van der Waals surface area contributed by atoms with E-state index in [0.29, 0.717) is 4.68 Å². The number of nitrogens with two attached hydrogens (primary N) is 1. The van der Waals surface area contributed by atoms with Crippen LogP contribution >= 0.6 is 0 Å². The molecule has 0 unspecified atom stereocenters. The maximum Gasteiger partial charge on any atom is 0.343 e. The number of ether oxygens (including phenoxy) is 1. The van der Waals surface area contributed by atoms with Crippen LogP contribution in [-0.2, 0) is 14.8 Å². The largest absolute Gasteiger partial charge is 0.493 e. The van der Waals surface area contributed by atoms with Crippen LogP contribution in [0.5, 0.6) is 5.88 Å². The van der Waals surface area contributed by atoms with Crippen LogP contribution in [0, 0.1) is 6.92 Å². The summed E-state index contributed by atoms with van der Waals surface area (Å²) in [4.78, 5) is 24.3. The van der Waals surface area contributed by atoms with E-state index in [0.717, 1.165) is 7.11 Å². The Balaban J connectivity index is 2.67. The number of benzene rings is 1. The molecule has 11 nitrogen and oxygen atoms in total. The van der Waals surface area contributed by atoms with Crippen molar-refractivity contribution in [1.82, 2.24) is 8.98 Å². The first-order chi connectivity index (χ1) is 14.1. The SMILES string of the molecule is CCN(CC)S(=O)(=O)c1ccccc1N=Nc1c(C)c(C(=O)OC)c(O)n(N)c1=O. The molecule has 0 amide bonds. The van der Waals surface area contributed by atoms with Crippen molar-refractivity contribution in [1.29, 1.82) is 0 Å². The van der Waals surface area contributed by atoms with Crippen molar-refractivity contribution < 1.29 is 23.1 Å². The van der Waals surface area contributed by atoms with Gasteiger partial charge in [0.05, 0.1) is 7.11 Å². The number of hydrogen-bond donors (Lipinski definition) is 2. The lowest BCUT2D eigenvalue weighted by Crippen LogP contribution is -2.30. The van der Waals surface area contributed by atoms with E-state index in [2.05, 4.69) is 15.0 Å². The van der Waals surface area contributed by atoms with Crippen LogP contribution in [-0.4, -0.2) is 48.7 Å². The second-order valence-electron chi connectivity index (χ2n) is 6.10. The quantitative estimate of drug-likeness (QED) is 0.380. The molecule has 1 heterocycles. The van der Waals surface area contributed by atoms with Crippen molar-refractivity contribution in [3.8, 4) is 5.88 Å². The van der Waals surface area contributed by atoms with Gasteiger partial charge in [-0.15, -0.1) is 10.2 Å². The highest BCUT2D eigenvalue weighted by Gasteiger charge is 2.26. The number of esters is 1. The van der Waals surface area contributed by atoms with Gasteiger partial charge in [-0.2, -0.15) is 8.98 Å². The molecule has 1 aromatic carbocycles. The van der Waals surface area contributed by atoms with Crippen molar-refractivity contribution in [2.24, 2.45) is 10.2 Å². The van der Waals surface area contributed by atoms with Crippen molar-refractivity contribution in [3.05, 3.63) is 45.7 Å². The van der Waals surface area contributed by atoms with Gasteiger partial charge in [0.15, 0.2) is 5.69 Å². The fraction of sp³-hybridized carbons (Fsp3) is 0.333. The second-order valence-corrected chi connectivity index (χ2v) is 8.00. The molecule has 0 bridgehead atoms. The number of azo groups is 1. The third kappa shape index (κ3) is 4.04. The lowest BCUT2D eigenvalue weighted by atomic mass is 10.1. The Morgan fingerprint density at radius 2 is 1.83 bits per heavy atom. The molecule has 0 saturated heterocycles. The van der Waals surface area contributed by atoms with Crippen LogP contribution in [0.3, 0.4) is 0 Å². The van der Waals surface area contributed by atoms with Gasteiger partial charge in [0.1, 0.15) is 16.1 Å². The lowest BCUT2D eigenvalue weighted by molar-refractivity contribution is 0.0595. The first-order valence-corrected chi connectivity index (χ1v) is 10.4. The molecular formula is C18H23N5O6S. The number of rotatable bonds is 7. The molecule has 30 heavy (non-hydrogen) atoms. The molecule has 0 fully saturated rings. The molecule has 0 aliphatic heterocycles. The van der Waals surface area contributed by atoms with E-state index >= 15 is 0 Å². The first-order valence-electron chi connectivity index (χ1n) is 8.94. The van der Waals surface area contributed by atoms with Crippen LogP contribution in [0.2, 0.25) is 0 Å². The zero-order chi connectivity index (χ0) is 22.6. The highest BCUT2D eigenvalue weighted by molar-refractivity contribution is 7.89. The van der Waals surface area contributed by atoms with Crippen molar-refractivity contribution in [2.75, 3.05) is 26.0 Å². The predicted octanol–water partition coefficient (Wildman–Crippen LogP) is 1.81. The van der Waals surface area contributed by atoms with Gasteiger partial charge in [-0.3, -0.25) is 4.79 Å². The minimum Gasteiger partial charge on any atom is -0.493 e. The molecule has 12 heteroatoms. The minimum absolute atomic E-state index is 0.000496. The zero-order valence-electron chi connectivity index (χ0n) is 17.0. The summed E-state index contributed by atoms with van der Waals surface area (Å²) in [5.41, 5.74) is -1.63. The molecule has 0 aliphatic carbocycles. The third-order valence-electron chi connectivity index (χ3n) is 4.44. The van der Waals surface area contributed by atoms with Crippen molar-refractivity contribution in [2.45, 2.75) is 25.7 Å². The number of hydrogen-bond acceptors (Lipinski definition) is 9. The normalized spacial score (nSPS) is 11.9. The number of nitrogen functional groups attached to an aromatic ring is 1. The Bertz CT molecular complexity index is 1150. The number of aromatic hydroxyl groups is 1. The number of carbonyl (C=O) groups is 1. The van der Waals surface area contributed by atoms with E-state index < -0.39 is 27.4 Å². The van der Waals surface area contributed by atoms with Gasteiger partial charge in [-0.25, -0.2) is 13.2 Å². The van der Waals surface area contributed by atoms with E-state index in [1.807, 2.05) is 0 Å². The van der Waals surface area contributed by atoms with Crippen LogP contribution in [0.1, 0.15) is 29.8 Å². The Kier molecular flexibility index (Phi) is 6.95. The number of pyridine rings is 1. The van der Waals surface area contributed by atoms with Crippen LogP contribution < -0.4 is 11.4 Å². The second kappa shape index (κ2) is 9.05. The van der Waals surface area contributed by atoms with Gasteiger partial charge in [-0.1, -0.05) is 26.0 Å². The number of carbonyl (C=O) groups excluding carboxylic acids is 1. The van der Waals surface area contributed by atoms with E-state index in [1.54, 1.807) is 26.0 Å². The monoisotopic (exact) mass is 437 g/mol. The third-order valence-corrected chi connectivity index (χ3v) is 6.54. The Labute approximate surface area is 173 Å². The Hall–Kier alpha value is -3.25. The number of nitrogens with zero attached hydrogens (tertiary/aromatic N) is 4. The summed E-state index contributed by atoms with van der Waals surface area (Å²) >= 11 is 0. The van der Waals surface area contributed by atoms with E-state index in [1.165, 1.54) is 23.4 Å². The smallest absolute Gasteiger partial charge is 0.343 e. The fourth-order valence-electron chi connectivity index (χ4n) is 2.81. The maximum atomic E-state index is 12.9. The molecule has 0 spiro atoms. The lowest BCUT2D eigenvalue weighted by Gasteiger charge is -2.19. The first kappa shape index (κ1) is 23.0. The number of sulfonamides is 1. The molecular weight excluding hydrogens is 414 g/mol. The van der Waals surface area contributed by atoms with E-state index in [4.69, 9.17) is 5.84 Å². The summed E-state index contributed by atoms with van der Waals surface area (Å²) in [5.74, 6) is 3.82. The zero-order valence-corrected chi connectivity index (χ0v) is 17.8. The van der Waals surface area contributed by atoms with Gasteiger partial charge in [0.2, 0.25) is 15.9 Å². The average Bonchev–Trinajstić information content (AvgIpc) is 2.73. The Morgan fingerprint density at radius 1 is 1.23 bits per heavy atom.